The molecule has 1 saturated heterocycles. The fourth-order valence-electron chi connectivity index (χ4n) is 2.46. The Hall–Kier alpha value is -1.03. The Balaban J connectivity index is 2.12. The first-order valence-corrected chi connectivity index (χ1v) is 6.71. The van der Waals surface area contributed by atoms with Gasteiger partial charge in [0.25, 0.3) is 0 Å². The minimum Gasteiger partial charge on any atom is -0.369 e. The second-order valence-electron chi connectivity index (χ2n) is 4.97. The van der Waals surface area contributed by atoms with Crippen LogP contribution < -0.4 is 10.2 Å². The molecule has 1 aliphatic heterocycles. The Morgan fingerprint density at radius 1 is 1.47 bits per heavy atom. The first-order chi connectivity index (χ1) is 8.20. The summed E-state index contributed by atoms with van der Waals surface area (Å²) in [5, 5.41) is 8.08. The molecule has 1 aliphatic rings. The van der Waals surface area contributed by atoms with Crippen LogP contribution in [-0.4, -0.2) is 35.5 Å². The van der Waals surface area contributed by atoms with Gasteiger partial charge >= 0.3 is 0 Å². The van der Waals surface area contributed by atoms with E-state index < -0.39 is 0 Å². The molecule has 1 fully saturated rings. The third kappa shape index (κ3) is 3.00. The number of aromatic nitrogens is 2. The van der Waals surface area contributed by atoms with Crippen LogP contribution in [0, 0.1) is 0 Å². The molecular weight excluding hydrogens is 212 g/mol. The predicted octanol–water partition coefficient (Wildman–Crippen LogP) is 1.56. The van der Waals surface area contributed by atoms with Gasteiger partial charge in [-0.15, -0.1) is 0 Å². The lowest BCUT2D eigenvalue weighted by atomic mass is 10.1. The van der Waals surface area contributed by atoms with Crippen LogP contribution in [0.2, 0.25) is 0 Å². The minimum absolute atomic E-state index is 0.625. The molecule has 17 heavy (non-hydrogen) atoms. The molecule has 0 amide bonds. The molecule has 1 unspecified atom stereocenters. The van der Waals surface area contributed by atoms with Crippen molar-refractivity contribution in [1.82, 2.24) is 15.1 Å². The van der Waals surface area contributed by atoms with Crippen molar-refractivity contribution >= 4 is 5.69 Å². The van der Waals surface area contributed by atoms with Gasteiger partial charge in [0.15, 0.2) is 0 Å². The molecule has 1 aromatic rings. The Morgan fingerprint density at radius 2 is 2.29 bits per heavy atom. The maximum Gasteiger partial charge on any atom is 0.0855 e. The molecule has 2 heterocycles. The normalized spacial score (nSPS) is 22.3. The van der Waals surface area contributed by atoms with Gasteiger partial charge in [0.2, 0.25) is 0 Å². The third-order valence-corrected chi connectivity index (χ3v) is 3.49. The average molecular weight is 236 g/mol. The highest BCUT2D eigenvalue weighted by atomic mass is 15.3. The van der Waals surface area contributed by atoms with Crippen molar-refractivity contribution < 1.29 is 0 Å². The lowest BCUT2D eigenvalue weighted by molar-refractivity contribution is 0.474. The molecule has 1 aromatic heterocycles. The lowest BCUT2D eigenvalue weighted by Crippen LogP contribution is -2.38. The van der Waals surface area contributed by atoms with Crippen molar-refractivity contribution in [3.8, 4) is 0 Å². The standard InChI is InChI=1S/C13H24N4/c1-4-12-13(10-16(3)15-12)17-8-5-7-14-11(2)6-9-17/h10-11,14H,4-9H2,1-3H3. The van der Waals surface area contributed by atoms with Crippen LogP contribution in [-0.2, 0) is 13.5 Å². The molecular formula is C13H24N4. The molecule has 4 heteroatoms. The van der Waals surface area contributed by atoms with Gasteiger partial charge in [-0.25, -0.2) is 0 Å². The van der Waals surface area contributed by atoms with Crippen LogP contribution in [0.25, 0.3) is 0 Å². The number of nitrogens with zero attached hydrogens (tertiary/aromatic N) is 3. The Kier molecular flexibility index (Phi) is 4.05. The molecule has 1 N–H and O–H groups in total. The Morgan fingerprint density at radius 3 is 3.06 bits per heavy atom. The highest BCUT2D eigenvalue weighted by Crippen LogP contribution is 2.21. The van der Waals surface area contributed by atoms with Crippen molar-refractivity contribution in [2.45, 2.75) is 39.2 Å². The van der Waals surface area contributed by atoms with Gasteiger partial charge < -0.3 is 10.2 Å². The number of rotatable bonds is 2. The number of nitrogens with one attached hydrogen (secondary N) is 1. The minimum atomic E-state index is 0.625. The fraction of sp³-hybridized carbons (Fsp3) is 0.769. The van der Waals surface area contributed by atoms with E-state index >= 15 is 0 Å². The molecule has 0 radical (unpaired) electrons. The van der Waals surface area contributed by atoms with E-state index in [-0.39, 0.29) is 0 Å². The van der Waals surface area contributed by atoms with Crippen LogP contribution >= 0.6 is 0 Å². The maximum absolute atomic E-state index is 4.54. The SMILES string of the molecule is CCc1nn(C)cc1N1CCCNC(C)CC1. The highest BCUT2D eigenvalue weighted by Gasteiger charge is 2.16. The molecule has 0 aromatic carbocycles. The average Bonchev–Trinajstić information content (AvgIpc) is 2.66. The van der Waals surface area contributed by atoms with E-state index in [1.165, 1.54) is 24.2 Å². The van der Waals surface area contributed by atoms with E-state index in [1.54, 1.807) is 0 Å². The van der Waals surface area contributed by atoms with Crippen LogP contribution in [0.4, 0.5) is 5.69 Å². The van der Waals surface area contributed by atoms with E-state index in [4.69, 9.17) is 0 Å². The molecule has 0 aliphatic carbocycles. The predicted molar refractivity (Wildman–Crippen MR) is 71.5 cm³/mol. The number of aryl methyl sites for hydroxylation is 2. The van der Waals surface area contributed by atoms with Crippen molar-refractivity contribution in [3.63, 3.8) is 0 Å². The van der Waals surface area contributed by atoms with Crippen molar-refractivity contribution in [2.24, 2.45) is 7.05 Å². The van der Waals surface area contributed by atoms with Gasteiger partial charge in [0.05, 0.1) is 11.4 Å². The van der Waals surface area contributed by atoms with E-state index in [0.717, 1.165) is 26.1 Å². The summed E-state index contributed by atoms with van der Waals surface area (Å²) in [6.07, 6.45) is 5.60. The zero-order valence-electron chi connectivity index (χ0n) is 11.2. The van der Waals surface area contributed by atoms with Crippen LogP contribution in [0.5, 0.6) is 0 Å². The second-order valence-corrected chi connectivity index (χ2v) is 4.97. The van der Waals surface area contributed by atoms with Gasteiger partial charge in [-0.1, -0.05) is 6.92 Å². The molecule has 0 spiro atoms. The number of hydrogen-bond donors (Lipinski definition) is 1. The van der Waals surface area contributed by atoms with Gasteiger partial charge in [0.1, 0.15) is 0 Å². The van der Waals surface area contributed by atoms with Crippen LogP contribution in [0.3, 0.4) is 0 Å². The lowest BCUT2D eigenvalue weighted by Gasteiger charge is -2.29. The second kappa shape index (κ2) is 5.54. The molecule has 0 saturated carbocycles. The van der Waals surface area contributed by atoms with E-state index in [2.05, 4.69) is 35.4 Å². The van der Waals surface area contributed by atoms with Crippen LogP contribution in [0.15, 0.2) is 6.20 Å². The summed E-state index contributed by atoms with van der Waals surface area (Å²) in [5.74, 6) is 0. The largest absolute Gasteiger partial charge is 0.369 e. The van der Waals surface area contributed by atoms with Crippen molar-refractivity contribution in [2.75, 3.05) is 24.5 Å². The zero-order chi connectivity index (χ0) is 12.3. The monoisotopic (exact) mass is 236 g/mol. The molecule has 1 atom stereocenters. The molecule has 0 bridgehead atoms. The number of anilines is 1. The van der Waals surface area contributed by atoms with Gasteiger partial charge in [-0.2, -0.15) is 5.10 Å². The van der Waals surface area contributed by atoms with Gasteiger partial charge in [0, 0.05) is 32.4 Å². The van der Waals surface area contributed by atoms with Crippen molar-refractivity contribution in [3.05, 3.63) is 11.9 Å². The van der Waals surface area contributed by atoms with E-state index in [0.29, 0.717) is 6.04 Å². The summed E-state index contributed by atoms with van der Waals surface area (Å²) in [7, 11) is 2.01. The first-order valence-electron chi connectivity index (χ1n) is 6.71. The summed E-state index contributed by atoms with van der Waals surface area (Å²) in [4.78, 5) is 2.50. The van der Waals surface area contributed by atoms with Crippen LogP contribution in [0.1, 0.15) is 32.4 Å². The van der Waals surface area contributed by atoms with E-state index in [1.807, 2.05) is 11.7 Å². The highest BCUT2D eigenvalue weighted by molar-refractivity contribution is 5.49. The first kappa shape index (κ1) is 12.4. The zero-order valence-corrected chi connectivity index (χ0v) is 11.2. The van der Waals surface area contributed by atoms with Crippen molar-refractivity contribution in [1.29, 1.82) is 0 Å². The smallest absolute Gasteiger partial charge is 0.0855 e. The summed E-state index contributed by atoms with van der Waals surface area (Å²) < 4.78 is 1.94. The summed E-state index contributed by atoms with van der Waals surface area (Å²) in [5.41, 5.74) is 2.57. The fourth-order valence-corrected chi connectivity index (χ4v) is 2.46. The quantitative estimate of drug-likeness (QED) is 0.846. The van der Waals surface area contributed by atoms with Gasteiger partial charge in [-0.3, -0.25) is 4.68 Å². The summed E-state index contributed by atoms with van der Waals surface area (Å²) in [6, 6.07) is 0.625. The Bertz CT molecular complexity index is 358. The van der Waals surface area contributed by atoms with E-state index in [9.17, 15) is 0 Å². The topological polar surface area (TPSA) is 33.1 Å². The summed E-state index contributed by atoms with van der Waals surface area (Å²) >= 11 is 0. The maximum atomic E-state index is 4.54. The molecule has 96 valence electrons. The van der Waals surface area contributed by atoms with Gasteiger partial charge in [-0.05, 0) is 32.7 Å². The number of hydrogen-bond acceptors (Lipinski definition) is 3. The third-order valence-electron chi connectivity index (χ3n) is 3.49. The Labute approximate surface area is 104 Å². The molecule has 4 nitrogen and oxygen atoms in total. The summed E-state index contributed by atoms with van der Waals surface area (Å²) in [6.45, 7) is 7.85. The molecule has 2 rings (SSSR count).